The number of rotatable bonds is 5. The van der Waals surface area contributed by atoms with E-state index in [0.717, 1.165) is 0 Å². The molecule has 0 saturated carbocycles. The zero-order valence-electron chi connectivity index (χ0n) is 16.7. The normalized spacial score (nSPS) is 16.0. The maximum absolute atomic E-state index is 13.7. The lowest BCUT2D eigenvalue weighted by atomic mass is 9.96. The molecular formula is C22H22F4N4O. The van der Waals surface area contributed by atoms with Crippen molar-refractivity contribution in [3.63, 3.8) is 0 Å². The van der Waals surface area contributed by atoms with E-state index in [1.165, 1.54) is 16.7 Å². The second-order valence-corrected chi connectivity index (χ2v) is 7.78. The van der Waals surface area contributed by atoms with Crippen LogP contribution in [0.15, 0.2) is 48.5 Å². The zero-order chi connectivity index (χ0) is 22.0. The molecule has 2 aromatic carbocycles. The van der Waals surface area contributed by atoms with E-state index in [4.69, 9.17) is 0 Å². The molecule has 1 aliphatic heterocycles. The summed E-state index contributed by atoms with van der Waals surface area (Å²) in [5, 5.41) is 2.56. The number of carbonyl (C=O) groups is 1. The Morgan fingerprint density at radius 3 is 2.45 bits per heavy atom. The maximum Gasteiger partial charge on any atom is 0.449 e. The zero-order valence-corrected chi connectivity index (χ0v) is 16.7. The van der Waals surface area contributed by atoms with Crippen LogP contribution in [0, 0.1) is 11.7 Å². The molecule has 3 aromatic rings. The monoisotopic (exact) mass is 434 g/mol. The average molecular weight is 434 g/mol. The first-order valence-electron chi connectivity index (χ1n) is 10.1. The molecule has 164 valence electrons. The highest BCUT2D eigenvalue weighted by Gasteiger charge is 2.38. The van der Waals surface area contributed by atoms with Crippen LogP contribution in [0.25, 0.3) is 11.0 Å². The molecule has 0 atom stereocenters. The molecule has 0 aliphatic carbocycles. The van der Waals surface area contributed by atoms with Gasteiger partial charge in [0.15, 0.2) is 0 Å². The number of anilines is 1. The summed E-state index contributed by atoms with van der Waals surface area (Å²) in [6.07, 6.45) is -3.20. The van der Waals surface area contributed by atoms with E-state index in [9.17, 15) is 22.4 Å². The third-order valence-corrected chi connectivity index (χ3v) is 5.57. The third-order valence-electron chi connectivity index (χ3n) is 5.57. The largest absolute Gasteiger partial charge is 0.449 e. The van der Waals surface area contributed by atoms with Crippen LogP contribution in [0.4, 0.5) is 23.2 Å². The molecule has 0 unspecified atom stereocenters. The van der Waals surface area contributed by atoms with Crippen molar-refractivity contribution in [1.29, 1.82) is 0 Å². The number of fused-ring (bicyclic) bond motifs is 1. The number of alkyl halides is 3. The number of nitrogens with zero attached hydrogens (tertiary/aromatic N) is 3. The van der Waals surface area contributed by atoms with Crippen molar-refractivity contribution in [1.82, 2.24) is 14.5 Å². The molecule has 0 bridgehead atoms. The summed E-state index contributed by atoms with van der Waals surface area (Å²) in [7, 11) is 0. The summed E-state index contributed by atoms with van der Waals surface area (Å²) in [5.41, 5.74) is 0.938. The molecule has 0 radical (unpaired) electrons. The summed E-state index contributed by atoms with van der Waals surface area (Å²) in [6, 6.07) is 12.6. The van der Waals surface area contributed by atoms with Crippen LogP contribution in [-0.4, -0.2) is 40.0 Å². The van der Waals surface area contributed by atoms with Crippen molar-refractivity contribution in [3.05, 3.63) is 60.2 Å². The molecule has 9 heteroatoms. The fourth-order valence-corrected chi connectivity index (χ4v) is 4.02. The first-order valence-corrected chi connectivity index (χ1v) is 10.1. The van der Waals surface area contributed by atoms with Crippen molar-refractivity contribution in [2.24, 2.45) is 5.92 Å². The highest BCUT2D eigenvalue weighted by molar-refractivity contribution is 5.92. The summed E-state index contributed by atoms with van der Waals surface area (Å²) < 4.78 is 55.4. The van der Waals surface area contributed by atoms with Gasteiger partial charge in [-0.1, -0.05) is 24.3 Å². The Balaban J connectivity index is 1.37. The molecule has 1 amide bonds. The molecule has 2 heterocycles. The number of carbonyl (C=O) groups excluding carboxylic acids is 1. The van der Waals surface area contributed by atoms with E-state index in [-0.39, 0.29) is 30.6 Å². The van der Waals surface area contributed by atoms with Gasteiger partial charge < -0.3 is 9.88 Å². The number of para-hydroxylation sites is 3. The van der Waals surface area contributed by atoms with Crippen LogP contribution in [-0.2, 0) is 17.5 Å². The quantitative estimate of drug-likeness (QED) is 0.600. The lowest BCUT2D eigenvalue weighted by Crippen LogP contribution is -2.40. The van der Waals surface area contributed by atoms with Gasteiger partial charge in [0.1, 0.15) is 5.82 Å². The van der Waals surface area contributed by atoms with Gasteiger partial charge in [-0.15, -0.1) is 0 Å². The minimum atomic E-state index is -4.52. The van der Waals surface area contributed by atoms with Crippen LogP contribution in [0.3, 0.4) is 0 Å². The van der Waals surface area contributed by atoms with Crippen molar-refractivity contribution in [2.45, 2.75) is 25.6 Å². The first kappa shape index (κ1) is 21.3. The maximum atomic E-state index is 13.7. The van der Waals surface area contributed by atoms with Crippen LogP contribution in [0.1, 0.15) is 18.7 Å². The Kier molecular flexibility index (Phi) is 5.95. The molecule has 1 N–H and O–H groups in total. The van der Waals surface area contributed by atoms with Crippen LogP contribution >= 0.6 is 0 Å². The molecule has 0 spiro atoms. The Labute approximate surface area is 176 Å². The van der Waals surface area contributed by atoms with Crippen molar-refractivity contribution in [3.8, 4) is 0 Å². The second-order valence-electron chi connectivity index (χ2n) is 7.78. The molecule has 1 aliphatic rings. The number of hydrogen-bond donors (Lipinski definition) is 1. The fourth-order valence-electron chi connectivity index (χ4n) is 4.02. The third kappa shape index (κ3) is 4.87. The Morgan fingerprint density at radius 2 is 1.74 bits per heavy atom. The van der Waals surface area contributed by atoms with E-state index < -0.39 is 17.8 Å². The van der Waals surface area contributed by atoms with E-state index in [1.807, 2.05) is 4.90 Å². The van der Waals surface area contributed by atoms with Crippen molar-refractivity contribution in [2.75, 3.05) is 25.0 Å². The van der Waals surface area contributed by atoms with Gasteiger partial charge in [-0.2, -0.15) is 13.2 Å². The lowest BCUT2D eigenvalue weighted by molar-refractivity contribution is -0.147. The SMILES string of the molecule is O=C(CN1CCC(Cn2c(C(F)(F)F)nc3ccccc32)CC1)Nc1ccccc1F. The number of aromatic nitrogens is 2. The fraction of sp³-hybridized carbons (Fsp3) is 0.364. The summed E-state index contributed by atoms with van der Waals surface area (Å²) >= 11 is 0. The molecule has 4 rings (SSSR count). The summed E-state index contributed by atoms with van der Waals surface area (Å²) in [4.78, 5) is 17.9. The van der Waals surface area contributed by atoms with Crippen molar-refractivity contribution < 1.29 is 22.4 Å². The van der Waals surface area contributed by atoms with Gasteiger partial charge in [0.25, 0.3) is 0 Å². The number of halogens is 4. The van der Waals surface area contributed by atoms with E-state index >= 15 is 0 Å². The van der Waals surface area contributed by atoms with Gasteiger partial charge in [0.2, 0.25) is 11.7 Å². The van der Waals surface area contributed by atoms with Crippen LogP contribution in [0.5, 0.6) is 0 Å². The minimum absolute atomic E-state index is 0.0459. The number of likely N-dealkylation sites (tertiary alicyclic amines) is 1. The molecular weight excluding hydrogens is 412 g/mol. The van der Waals surface area contributed by atoms with E-state index in [2.05, 4.69) is 10.3 Å². The summed E-state index contributed by atoms with van der Waals surface area (Å²) in [6.45, 7) is 1.51. The van der Waals surface area contributed by atoms with Gasteiger partial charge in [-0.25, -0.2) is 9.37 Å². The predicted molar refractivity (Wildman–Crippen MR) is 109 cm³/mol. The number of amides is 1. The standard InChI is InChI=1S/C22H22F4N4O/c23-16-5-1-2-6-17(16)27-20(31)14-29-11-9-15(10-12-29)13-30-19-8-4-3-7-18(19)28-21(30)22(24,25)26/h1-8,15H,9-14H2,(H,27,31). The Hall–Kier alpha value is -2.94. The minimum Gasteiger partial charge on any atom is -0.322 e. The van der Waals surface area contributed by atoms with Gasteiger partial charge in [-0.3, -0.25) is 9.69 Å². The highest BCUT2D eigenvalue weighted by atomic mass is 19.4. The lowest BCUT2D eigenvalue weighted by Gasteiger charge is -2.32. The number of imidazole rings is 1. The summed E-state index contributed by atoms with van der Waals surface area (Å²) in [5.74, 6) is -1.64. The van der Waals surface area contributed by atoms with Crippen LogP contribution < -0.4 is 5.32 Å². The molecule has 1 saturated heterocycles. The second kappa shape index (κ2) is 8.66. The topological polar surface area (TPSA) is 50.2 Å². The van der Waals surface area contributed by atoms with Crippen LogP contribution in [0.2, 0.25) is 0 Å². The highest BCUT2D eigenvalue weighted by Crippen LogP contribution is 2.33. The first-order chi connectivity index (χ1) is 14.8. The Morgan fingerprint density at radius 1 is 1.06 bits per heavy atom. The number of benzene rings is 2. The van der Waals surface area contributed by atoms with Gasteiger partial charge in [0.05, 0.1) is 23.3 Å². The molecule has 1 fully saturated rings. The predicted octanol–water partition coefficient (Wildman–Crippen LogP) is 4.54. The molecule has 31 heavy (non-hydrogen) atoms. The number of piperidine rings is 1. The van der Waals surface area contributed by atoms with Gasteiger partial charge in [-0.05, 0) is 56.1 Å². The number of hydrogen-bond acceptors (Lipinski definition) is 3. The van der Waals surface area contributed by atoms with E-state index in [1.54, 1.807) is 36.4 Å². The molecule has 1 aromatic heterocycles. The number of nitrogens with one attached hydrogen (secondary N) is 1. The van der Waals surface area contributed by atoms with Gasteiger partial charge >= 0.3 is 6.18 Å². The average Bonchev–Trinajstić information content (AvgIpc) is 3.10. The van der Waals surface area contributed by atoms with Crippen molar-refractivity contribution >= 4 is 22.6 Å². The molecule has 5 nitrogen and oxygen atoms in total. The van der Waals surface area contributed by atoms with E-state index in [0.29, 0.717) is 37.0 Å². The smallest absolute Gasteiger partial charge is 0.322 e. The Bertz CT molecular complexity index is 1070. The van der Waals surface area contributed by atoms with Gasteiger partial charge in [0, 0.05) is 6.54 Å².